The molecule has 38 heavy (non-hydrogen) atoms. The molecule has 10 heteroatoms. The van der Waals surface area contributed by atoms with Gasteiger partial charge in [0.1, 0.15) is 5.75 Å². The molecule has 3 aliphatic rings. The van der Waals surface area contributed by atoms with Crippen LogP contribution in [-0.2, 0) is 0 Å². The molecule has 3 aromatic rings. The van der Waals surface area contributed by atoms with Crippen molar-refractivity contribution in [3.8, 4) is 17.1 Å². The van der Waals surface area contributed by atoms with E-state index < -0.39 is 6.86 Å². The van der Waals surface area contributed by atoms with Crippen molar-refractivity contribution >= 4 is 17.4 Å². The molecule has 1 aliphatic heterocycles. The summed E-state index contributed by atoms with van der Waals surface area (Å²) in [7, 11) is 0. The number of rotatable bonds is 9. The Balaban J connectivity index is 1.10. The van der Waals surface area contributed by atoms with Gasteiger partial charge < -0.3 is 24.7 Å². The summed E-state index contributed by atoms with van der Waals surface area (Å²) in [5.74, 6) is 1.75. The molecule has 2 aliphatic carbocycles. The van der Waals surface area contributed by atoms with Gasteiger partial charge in [-0.3, -0.25) is 10.1 Å². The molecule has 1 aromatic heterocycles. The molecule has 200 valence electrons. The molecule has 0 radical (unpaired) electrons. The van der Waals surface area contributed by atoms with Gasteiger partial charge in [0.25, 0.3) is 11.7 Å². The molecule has 2 N–H and O–H groups in total. The van der Waals surface area contributed by atoms with Gasteiger partial charge in [-0.2, -0.15) is 0 Å². The summed E-state index contributed by atoms with van der Waals surface area (Å²) in [6.07, 6.45) is 8.49. The Labute approximate surface area is 220 Å². The molecule has 2 heterocycles. The second kappa shape index (κ2) is 10.6. The SMILES string of the molecule is O=[N+]([O-])c1ccc(N2C[C@@H]3C[C@H](N[C@@H]4CCCC[C@H]4Nc4ncc(-c5ccc(OCF)cc5)o4)[C@H]2C3)cc1. The molecule has 1 saturated heterocycles. The maximum Gasteiger partial charge on any atom is 0.295 e. The molecule has 6 rings (SSSR count). The van der Waals surface area contributed by atoms with Crippen LogP contribution in [0.5, 0.6) is 5.75 Å². The second-order valence-electron chi connectivity index (χ2n) is 10.6. The fourth-order valence-electron chi connectivity index (χ4n) is 6.46. The van der Waals surface area contributed by atoms with E-state index in [9.17, 15) is 14.5 Å². The molecule has 5 atom stereocenters. The lowest BCUT2D eigenvalue weighted by Crippen LogP contribution is -2.56. The molecular weight excluding hydrogens is 489 g/mol. The average molecular weight is 522 g/mol. The maximum atomic E-state index is 12.4. The first kappa shape index (κ1) is 24.7. The maximum absolute atomic E-state index is 12.4. The van der Waals surface area contributed by atoms with Crippen LogP contribution in [0.15, 0.2) is 59.1 Å². The molecule has 0 spiro atoms. The first-order valence-corrected chi connectivity index (χ1v) is 13.4. The Hall–Kier alpha value is -3.66. The highest BCUT2D eigenvalue weighted by Gasteiger charge is 2.46. The zero-order chi connectivity index (χ0) is 26.1. The average Bonchev–Trinajstić information content (AvgIpc) is 3.67. The number of nitrogens with zero attached hydrogens (tertiary/aromatic N) is 3. The van der Waals surface area contributed by atoms with E-state index in [-0.39, 0.29) is 16.7 Å². The Morgan fingerprint density at radius 2 is 1.82 bits per heavy atom. The third-order valence-electron chi connectivity index (χ3n) is 8.24. The summed E-state index contributed by atoms with van der Waals surface area (Å²) >= 11 is 0. The number of piperidine rings is 1. The highest BCUT2D eigenvalue weighted by atomic mass is 19.1. The standard InChI is InChI=1S/C28H32FN5O4/c29-17-37-22-11-5-19(6-12-22)27-15-30-28(38-27)32-24-4-2-1-3-23(24)31-25-13-18-14-26(25)33(16-18)20-7-9-21(10-8-20)34(35)36/h5-12,15,18,23-26,31H,1-4,13-14,16-17H2,(H,30,32)/t18-,23-,24-,25+,26-/m1/s1. The van der Waals surface area contributed by atoms with E-state index in [0.717, 1.165) is 49.9 Å². The molecule has 0 amide bonds. The van der Waals surface area contributed by atoms with Crippen LogP contribution in [0, 0.1) is 16.0 Å². The van der Waals surface area contributed by atoms with E-state index in [0.29, 0.717) is 41.6 Å². The molecule has 2 saturated carbocycles. The van der Waals surface area contributed by atoms with Crippen LogP contribution in [-0.4, -0.2) is 47.5 Å². The molecule has 2 bridgehead atoms. The smallest absolute Gasteiger partial charge is 0.295 e. The van der Waals surface area contributed by atoms with Crippen LogP contribution < -0.4 is 20.3 Å². The van der Waals surface area contributed by atoms with E-state index >= 15 is 0 Å². The number of hydrogen-bond acceptors (Lipinski definition) is 8. The third-order valence-corrected chi connectivity index (χ3v) is 8.24. The third kappa shape index (κ3) is 5.05. The fraction of sp³-hybridized carbons (Fsp3) is 0.464. The number of nitrogens with one attached hydrogen (secondary N) is 2. The van der Waals surface area contributed by atoms with E-state index in [1.807, 2.05) is 24.3 Å². The van der Waals surface area contributed by atoms with Crippen LogP contribution in [0.4, 0.5) is 21.8 Å². The largest absolute Gasteiger partial charge is 0.463 e. The lowest BCUT2D eigenvalue weighted by molar-refractivity contribution is -0.384. The van der Waals surface area contributed by atoms with Gasteiger partial charge in [0.05, 0.1) is 11.1 Å². The number of aromatic nitrogens is 1. The predicted molar refractivity (Wildman–Crippen MR) is 142 cm³/mol. The number of ether oxygens (including phenoxy) is 1. The van der Waals surface area contributed by atoms with Gasteiger partial charge in [0, 0.05) is 54.1 Å². The summed E-state index contributed by atoms with van der Waals surface area (Å²) in [6.45, 7) is 0.149. The number of oxazole rings is 1. The van der Waals surface area contributed by atoms with Crippen molar-refractivity contribution in [2.24, 2.45) is 5.92 Å². The van der Waals surface area contributed by atoms with Crippen LogP contribution >= 0.6 is 0 Å². The Bertz CT molecular complexity index is 1250. The number of alkyl halides is 1. The van der Waals surface area contributed by atoms with Gasteiger partial charge in [0.2, 0.25) is 6.86 Å². The van der Waals surface area contributed by atoms with Crippen molar-refractivity contribution in [2.45, 2.75) is 62.7 Å². The summed E-state index contributed by atoms with van der Waals surface area (Å²) < 4.78 is 23.3. The number of anilines is 2. The minimum atomic E-state index is -0.857. The van der Waals surface area contributed by atoms with Crippen molar-refractivity contribution in [1.82, 2.24) is 10.3 Å². The fourth-order valence-corrected chi connectivity index (χ4v) is 6.46. The molecule has 3 fully saturated rings. The van der Waals surface area contributed by atoms with E-state index in [4.69, 9.17) is 9.15 Å². The van der Waals surface area contributed by atoms with Crippen molar-refractivity contribution in [3.63, 3.8) is 0 Å². The summed E-state index contributed by atoms with van der Waals surface area (Å²) in [5, 5.41) is 18.6. The predicted octanol–water partition coefficient (Wildman–Crippen LogP) is 5.54. The minimum absolute atomic E-state index is 0.126. The van der Waals surface area contributed by atoms with Crippen LogP contribution in [0.2, 0.25) is 0 Å². The first-order chi connectivity index (χ1) is 18.6. The van der Waals surface area contributed by atoms with Gasteiger partial charge in [-0.1, -0.05) is 12.8 Å². The second-order valence-corrected chi connectivity index (χ2v) is 10.6. The molecular formula is C28H32FN5O4. The van der Waals surface area contributed by atoms with Gasteiger partial charge in [0.15, 0.2) is 5.76 Å². The monoisotopic (exact) mass is 521 g/mol. The minimum Gasteiger partial charge on any atom is -0.463 e. The van der Waals surface area contributed by atoms with Gasteiger partial charge in [-0.05, 0) is 68.0 Å². The molecule has 0 unspecified atom stereocenters. The highest BCUT2D eigenvalue weighted by molar-refractivity contribution is 5.58. The quantitative estimate of drug-likeness (QED) is 0.280. The molecule has 2 aromatic carbocycles. The highest BCUT2D eigenvalue weighted by Crippen LogP contribution is 2.41. The number of halogens is 1. The van der Waals surface area contributed by atoms with E-state index in [1.165, 1.54) is 6.42 Å². The summed E-state index contributed by atoms with van der Waals surface area (Å²) in [5.41, 5.74) is 2.04. The number of hydrogen-bond donors (Lipinski definition) is 2. The van der Waals surface area contributed by atoms with E-state index in [1.54, 1.807) is 30.5 Å². The number of nitro groups is 1. The summed E-state index contributed by atoms with van der Waals surface area (Å²) in [6, 6.07) is 15.8. The van der Waals surface area contributed by atoms with E-state index in [2.05, 4.69) is 20.5 Å². The van der Waals surface area contributed by atoms with Crippen LogP contribution in [0.3, 0.4) is 0 Å². The summed E-state index contributed by atoms with van der Waals surface area (Å²) in [4.78, 5) is 17.6. The lowest BCUT2D eigenvalue weighted by Gasteiger charge is -2.40. The first-order valence-electron chi connectivity index (χ1n) is 13.4. The Kier molecular flexibility index (Phi) is 6.88. The van der Waals surface area contributed by atoms with Crippen molar-refractivity contribution in [2.75, 3.05) is 23.6 Å². The number of benzene rings is 2. The Morgan fingerprint density at radius 3 is 2.53 bits per heavy atom. The van der Waals surface area contributed by atoms with Gasteiger partial charge in [-0.15, -0.1) is 0 Å². The number of nitro benzene ring substituents is 1. The van der Waals surface area contributed by atoms with Crippen molar-refractivity contribution in [3.05, 3.63) is 64.8 Å². The number of fused-ring (bicyclic) bond motifs is 2. The normalized spacial score (nSPS) is 26.4. The topological polar surface area (TPSA) is 106 Å². The zero-order valence-electron chi connectivity index (χ0n) is 21.1. The van der Waals surface area contributed by atoms with Crippen molar-refractivity contribution in [1.29, 1.82) is 0 Å². The number of non-ortho nitro benzene ring substituents is 1. The van der Waals surface area contributed by atoms with Crippen LogP contribution in [0.25, 0.3) is 11.3 Å². The van der Waals surface area contributed by atoms with Crippen molar-refractivity contribution < 1.29 is 18.5 Å². The van der Waals surface area contributed by atoms with Gasteiger partial charge >= 0.3 is 0 Å². The lowest BCUT2D eigenvalue weighted by atomic mass is 9.89. The zero-order valence-corrected chi connectivity index (χ0v) is 21.1. The molecule has 9 nitrogen and oxygen atoms in total. The van der Waals surface area contributed by atoms with Gasteiger partial charge in [-0.25, -0.2) is 9.37 Å². The van der Waals surface area contributed by atoms with Crippen LogP contribution in [0.1, 0.15) is 38.5 Å². The Morgan fingerprint density at radius 1 is 1.05 bits per heavy atom.